The van der Waals surface area contributed by atoms with E-state index in [-0.39, 0.29) is 33.9 Å². The highest BCUT2D eigenvalue weighted by molar-refractivity contribution is 7.00. The Kier molecular flexibility index (Phi) is 11.9. The molecule has 0 fully saturated rings. The van der Waals surface area contributed by atoms with Crippen molar-refractivity contribution < 1.29 is 11.0 Å². The summed E-state index contributed by atoms with van der Waals surface area (Å²) in [4.78, 5) is 5.04. The van der Waals surface area contributed by atoms with Crippen molar-refractivity contribution in [2.75, 3.05) is 9.80 Å². The number of anilines is 6. The monoisotopic (exact) mass is 1340 g/mol. The lowest BCUT2D eigenvalue weighted by Gasteiger charge is -2.46. The molecule has 2 aliphatic heterocycles. The smallest absolute Gasteiger partial charge is 0.252 e. The van der Waals surface area contributed by atoms with Crippen molar-refractivity contribution in [1.82, 2.24) is 8.97 Å². The molecule has 105 heavy (non-hydrogen) atoms. The lowest BCUT2D eigenvalue weighted by atomic mass is 9.33. The largest absolute Gasteiger partial charge is 0.311 e. The molecular formula is C100H69BN4. The number of benzene rings is 16. The van der Waals surface area contributed by atoms with Gasteiger partial charge in [0.1, 0.15) is 0 Å². The maximum atomic E-state index is 9.94. The molecular weight excluding hydrogens is 1270 g/mol. The Bertz CT molecular complexity index is 7190. The molecule has 0 atom stereocenters. The molecule has 0 bridgehead atoms. The van der Waals surface area contributed by atoms with E-state index in [0.717, 1.165) is 171 Å². The molecule has 4 nitrogen and oxygen atoms in total. The van der Waals surface area contributed by atoms with Crippen LogP contribution < -0.4 is 26.2 Å². The normalized spacial score (nSPS) is 13.7. The van der Waals surface area contributed by atoms with Crippen molar-refractivity contribution in [3.63, 3.8) is 0 Å². The van der Waals surface area contributed by atoms with E-state index < -0.39 is 48.4 Å². The molecule has 19 aromatic rings. The van der Waals surface area contributed by atoms with Gasteiger partial charge >= 0.3 is 0 Å². The van der Waals surface area contributed by atoms with Crippen molar-refractivity contribution in [2.45, 2.75) is 26.2 Å². The fourth-order valence-corrected chi connectivity index (χ4v) is 17.3. The van der Waals surface area contributed by atoms with E-state index in [1.165, 1.54) is 0 Å². The van der Waals surface area contributed by atoms with Crippen LogP contribution in [0.25, 0.3) is 143 Å². The van der Waals surface area contributed by atoms with Crippen LogP contribution in [-0.4, -0.2) is 15.7 Å². The zero-order valence-corrected chi connectivity index (χ0v) is 57.9. The van der Waals surface area contributed by atoms with Gasteiger partial charge in [-0.1, -0.05) is 312 Å². The summed E-state index contributed by atoms with van der Waals surface area (Å²) >= 11 is 0. The Balaban J connectivity index is 0.998. The third-order valence-corrected chi connectivity index (χ3v) is 22.0. The molecule has 5 heterocycles. The van der Waals surface area contributed by atoms with E-state index in [4.69, 9.17) is 2.74 Å². The first kappa shape index (κ1) is 52.7. The zero-order valence-electron chi connectivity index (χ0n) is 65.9. The van der Waals surface area contributed by atoms with Gasteiger partial charge in [0, 0.05) is 77.4 Å². The van der Waals surface area contributed by atoms with Gasteiger partial charge in [-0.3, -0.25) is 0 Å². The molecule has 5 heteroatoms. The second kappa shape index (κ2) is 23.7. The molecule has 16 aromatic carbocycles. The summed E-state index contributed by atoms with van der Waals surface area (Å²) in [5.74, 6) is 0. The summed E-state index contributed by atoms with van der Waals surface area (Å²) < 4.78 is 80.4. The minimum absolute atomic E-state index is 0.00477. The number of hydrogen-bond acceptors (Lipinski definition) is 2. The van der Waals surface area contributed by atoms with Gasteiger partial charge in [0.15, 0.2) is 0 Å². The molecule has 0 radical (unpaired) electrons. The zero-order chi connectivity index (χ0) is 76.6. The van der Waals surface area contributed by atoms with Crippen molar-refractivity contribution in [3.8, 4) is 61.3 Å². The Morgan fingerprint density at radius 3 is 1.32 bits per heavy atom. The summed E-state index contributed by atoms with van der Waals surface area (Å²) in [5.41, 5.74) is 22.7. The minimum Gasteiger partial charge on any atom is -0.311 e. The van der Waals surface area contributed by atoms with Crippen LogP contribution >= 0.6 is 0 Å². The van der Waals surface area contributed by atoms with Crippen LogP contribution in [0, 0.1) is 0 Å². The Labute approximate surface area is 621 Å². The summed E-state index contributed by atoms with van der Waals surface area (Å²) in [6.45, 7) is 6.30. The van der Waals surface area contributed by atoms with Crippen LogP contribution in [0.2, 0.25) is 0 Å². The van der Waals surface area contributed by atoms with Gasteiger partial charge in [0.25, 0.3) is 6.71 Å². The summed E-state index contributed by atoms with van der Waals surface area (Å²) in [7, 11) is 0. The number of aromatic nitrogens is 2. The number of nitrogens with zero attached hydrogens (tertiary/aromatic N) is 4. The van der Waals surface area contributed by atoms with Crippen molar-refractivity contribution >= 4 is 139 Å². The first-order valence-electron chi connectivity index (χ1n) is 40.0. The van der Waals surface area contributed by atoms with Crippen LogP contribution in [-0.2, 0) is 5.41 Å². The van der Waals surface area contributed by atoms with E-state index in [1.54, 1.807) is 4.57 Å². The molecule has 0 saturated heterocycles. The number of hydrogen-bond donors (Lipinski definition) is 0. The number of fused-ring (bicyclic) bond motifs is 17. The predicted octanol–water partition coefficient (Wildman–Crippen LogP) is 25.1. The van der Waals surface area contributed by atoms with E-state index in [1.807, 2.05) is 12.1 Å². The van der Waals surface area contributed by atoms with Crippen LogP contribution in [0.15, 0.2) is 364 Å². The maximum Gasteiger partial charge on any atom is 0.252 e. The van der Waals surface area contributed by atoms with Crippen molar-refractivity contribution in [1.29, 1.82) is 0 Å². The van der Waals surface area contributed by atoms with E-state index in [2.05, 4.69) is 338 Å². The predicted molar refractivity (Wildman–Crippen MR) is 448 cm³/mol. The molecule has 21 rings (SSSR count). The molecule has 0 saturated carbocycles. The quantitative estimate of drug-likeness (QED) is 0.141. The summed E-state index contributed by atoms with van der Waals surface area (Å²) in [6, 6.07) is 111. The van der Waals surface area contributed by atoms with Gasteiger partial charge < -0.3 is 18.8 Å². The lowest BCUT2D eigenvalue weighted by molar-refractivity contribution is 0.590. The lowest BCUT2D eigenvalue weighted by Crippen LogP contribution is -2.61. The van der Waals surface area contributed by atoms with Gasteiger partial charge in [-0.15, -0.1) is 0 Å². The SMILES string of the molecule is [2H]c1c([2H])c([2H])c2c(c1[2H])c1c([2H])c([2H])c([2H])c([2H])c1n2-c1ccc2c(c1)N(c1c(-c3ccccc3)cc(-c3ccccc3)cc1-c1ccccc1)c1cc(C(C)(C)C)cc3c1B2c1cc2c4ccccc4c4ccccc4c4cccc5c6ccccc6n(c2cc1N3c1ccc(-c2ccccc2)cc1-c1ccccc1)c45. The Hall–Kier alpha value is -13.2. The van der Waals surface area contributed by atoms with Gasteiger partial charge in [0.05, 0.1) is 49.9 Å². The minimum atomic E-state index is -0.563. The highest BCUT2D eigenvalue weighted by atomic mass is 15.2. The van der Waals surface area contributed by atoms with Crippen LogP contribution in [0.5, 0.6) is 0 Å². The molecule has 0 unspecified atom stereocenters. The van der Waals surface area contributed by atoms with Crippen LogP contribution in [0.4, 0.5) is 34.1 Å². The summed E-state index contributed by atoms with van der Waals surface area (Å²) in [6.07, 6.45) is 0. The van der Waals surface area contributed by atoms with Gasteiger partial charge in [-0.2, -0.15) is 0 Å². The molecule has 2 aliphatic rings. The fourth-order valence-electron chi connectivity index (χ4n) is 17.3. The fraction of sp³-hybridized carbons (Fsp3) is 0.0400. The highest BCUT2D eigenvalue weighted by Gasteiger charge is 2.46. The third kappa shape index (κ3) is 9.41. The van der Waals surface area contributed by atoms with Gasteiger partial charge in [0.2, 0.25) is 0 Å². The molecule has 0 spiro atoms. The average molecular weight is 1350 g/mol. The second-order valence-electron chi connectivity index (χ2n) is 28.9. The topological polar surface area (TPSA) is 15.8 Å². The van der Waals surface area contributed by atoms with Crippen LogP contribution in [0.3, 0.4) is 0 Å². The molecule has 3 aromatic heterocycles. The molecule has 0 amide bonds. The highest BCUT2D eigenvalue weighted by Crippen LogP contribution is 2.55. The van der Waals surface area contributed by atoms with Crippen LogP contribution in [0.1, 0.15) is 37.3 Å². The van der Waals surface area contributed by atoms with Crippen molar-refractivity contribution in [3.05, 3.63) is 369 Å². The number of para-hydroxylation sites is 4. The van der Waals surface area contributed by atoms with E-state index in [0.29, 0.717) is 5.69 Å². The first-order valence-corrected chi connectivity index (χ1v) is 36.0. The molecule has 492 valence electrons. The Morgan fingerprint density at radius 1 is 0.286 bits per heavy atom. The summed E-state index contributed by atoms with van der Waals surface area (Å²) in [5, 5.41) is 8.81. The molecule has 0 N–H and O–H groups in total. The standard InChI is InChI=1S/C100H69BN4/c1-100(2,3)71-59-95-97-96(60-71)105(99-83(67-36-15-7-16-37-67)57-70(65-32-11-5-12-33-65)58-84(99)68-38-17-8-18-39-68)93-61-72(102-88-49-26-23-44-77(88)78-45-24-27-50-89(78)102)53-54-86(93)101(97)87-62-85-76-43-22-20-41-74(76)73-40-19-21-42-75(73)80-47-29-48-81-79-46-25-28-51-90(79)104(98(80)81)92(85)63-94(87)103(95)91-55-52-69(64-30-9-4-10-31-64)56-82(91)66-34-13-6-14-35-66/h4-63H,1-3H3/i23D,24D,26D,27D,44D,45D,49D,50D. The molecule has 0 aliphatic carbocycles. The average Bonchev–Trinajstić information content (AvgIpc) is 1.49. The third-order valence-electron chi connectivity index (χ3n) is 22.0. The van der Waals surface area contributed by atoms with E-state index in [9.17, 15) is 8.22 Å². The second-order valence-corrected chi connectivity index (χ2v) is 28.9. The van der Waals surface area contributed by atoms with Crippen molar-refractivity contribution in [2.24, 2.45) is 0 Å². The van der Waals surface area contributed by atoms with E-state index >= 15 is 0 Å². The van der Waals surface area contributed by atoms with Gasteiger partial charge in [-0.05, 0) is 161 Å². The first-order chi connectivity index (χ1) is 55.1. The number of rotatable bonds is 8. The Morgan fingerprint density at radius 2 is 0.743 bits per heavy atom. The van der Waals surface area contributed by atoms with Gasteiger partial charge in [-0.25, -0.2) is 0 Å². The maximum absolute atomic E-state index is 9.94.